The predicted molar refractivity (Wildman–Crippen MR) is 99.9 cm³/mol. The third-order valence-corrected chi connectivity index (χ3v) is 5.17. The largest absolute Gasteiger partial charge is 0.441 e. The fourth-order valence-electron chi connectivity index (χ4n) is 3.59. The van der Waals surface area contributed by atoms with Gasteiger partial charge in [-0.05, 0) is 37.5 Å². The summed E-state index contributed by atoms with van der Waals surface area (Å²) < 4.78 is 5.54. The first-order chi connectivity index (χ1) is 12.5. The van der Waals surface area contributed by atoms with Crippen LogP contribution in [0.15, 0.2) is 22.6 Å². The summed E-state index contributed by atoms with van der Waals surface area (Å²) in [6.07, 6.45) is 2.54. The SMILES string of the molecule is CCC(CC)C(=O)N1CCCN(C(=O)c2ccc3nc(C)oc3c2)CC1. The zero-order chi connectivity index (χ0) is 18.7. The van der Waals surface area contributed by atoms with E-state index in [2.05, 4.69) is 18.8 Å². The molecule has 2 amide bonds. The number of hydrogen-bond donors (Lipinski definition) is 0. The standard InChI is InChI=1S/C20H27N3O3/c1-4-15(5-2)19(24)22-9-6-10-23(12-11-22)20(25)16-7-8-17-18(13-16)26-14(3)21-17/h7-8,13,15H,4-6,9-12H2,1-3H3. The van der Waals surface area contributed by atoms with Crippen LogP contribution in [-0.2, 0) is 4.79 Å². The van der Waals surface area contributed by atoms with E-state index in [1.807, 2.05) is 15.9 Å². The van der Waals surface area contributed by atoms with Gasteiger partial charge >= 0.3 is 0 Å². The van der Waals surface area contributed by atoms with Gasteiger partial charge < -0.3 is 14.2 Å². The Balaban J connectivity index is 1.69. The van der Waals surface area contributed by atoms with Crippen LogP contribution in [0.2, 0.25) is 0 Å². The molecular formula is C20H27N3O3. The zero-order valence-electron chi connectivity index (χ0n) is 15.8. The van der Waals surface area contributed by atoms with E-state index in [1.54, 1.807) is 19.1 Å². The van der Waals surface area contributed by atoms with Crippen LogP contribution in [0.5, 0.6) is 0 Å². The number of fused-ring (bicyclic) bond motifs is 1. The second kappa shape index (κ2) is 7.89. The second-order valence-corrected chi connectivity index (χ2v) is 6.90. The second-order valence-electron chi connectivity index (χ2n) is 6.90. The predicted octanol–water partition coefficient (Wildman–Crippen LogP) is 3.25. The first-order valence-corrected chi connectivity index (χ1v) is 9.48. The van der Waals surface area contributed by atoms with Crippen LogP contribution in [0.25, 0.3) is 11.1 Å². The van der Waals surface area contributed by atoms with E-state index in [4.69, 9.17) is 4.42 Å². The molecule has 3 rings (SSSR count). The molecule has 6 heteroatoms. The number of carbonyl (C=O) groups excluding carboxylic acids is 2. The molecule has 0 unspecified atom stereocenters. The summed E-state index contributed by atoms with van der Waals surface area (Å²) in [4.78, 5) is 33.5. The van der Waals surface area contributed by atoms with Crippen molar-refractivity contribution < 1.29 is 14.0 Å². The van der Waals surface area contributed by atoms with Gasteiger partial charge in [0, 0.05) is 44.6 Å². The maximum absolute atomic E-state index is 12.9. The average molecular weight is 357 g/mol. The molecule has 1 aromatic carbocycles. The number of benzene rings is 1. The highest BCUT2D eigenvalue weighted by atomic mass is 16.3. The lowest BCUT2D eigenvalue weighted by molar-refractivity contribution is -0.135. The van der Waals surface area contributed by atoms with Gasteiger partial charge in [0.05, 0.1) is 0 Å². The van der Waals surface area contributed by atoms with Crippen molar-refractivity contribution in [3.8, 4) is 0 Å². The summed E-state index contributed by atoms with van der Waals surface area (Å²) in [6, 6.07) is 5.38. The summed E-state index contributed by atoms with van der Waals surface area (Å²) in [7, 11) is 0. The van der Waals surface area contributed by atoms with E-state index in [0.29, 0.717) is 36.7 Å². The molecule has 26 heavy (non-hydrogen) atoms. The van der Waals surface area contributed by atoms with Gasteiger partial charge in [0.25, 0.3) is 5.91 Å². The van der Waals surface area contributed by atoms with E-state index in [9.17, 15) is 9.59 Å². The summed E-state index contributed by atoms with van der Waals surface area (Å²) in [5, 5.41) is 0. The Morgan fingerprint density at radius 1 is 1.12 bits per heavy atom. The number of aromatic nitrogens is 1. The Morgan fingerprint density at radius 2 is 1.81 bits per heavy atom. The normalized spacial score (nSPS) is 15.5. The Hall–Kier alpha value is -2.37. The summed E-state index contributed by atoms with van der Waals surface area (Å²) in [6.45, 7) is 8.46. The summed E-state index contributed by atoms with van der Waals surface area (Å²) >= 11 is 0. The molecule has 6 nitrogen and oxygen atoms in total. The lowest BCUT2D eigenvalue weighted by Gasteiger charge is -2.25. The number of hydrogen-bond acceptors (Lipinski definition) is 4. The zero-order valence-corrected chi connectivity index (χ0v) is 15.8. The lowest BCUT2D eigenvalue weighted by Crippen LogP contribution is -2.39. The number of rotatable bonds is 4. The highest BCUT2D eigenvalue weighted by Gasteiger charge is 2.26. The van der Waals surface area contributed by atoms with Crippen molar-refractivity contribution in [3.05, 3.63) is 29.7 Å². The maximum Gasteiger partial charge on any atom is 0.254 e. The smallest absolute Gasteiger partial charge is 0.254 e. The average Bonchev–Trinajstić information content (AvgIpc) is 2.85. The third kappa shape index (κ3) is 3.74. The quantitative estimate of drug-likeness (QED) is 0.842. The fourth-order valence-corrected chi connectivity index (χ4v) is 3.59. The molecule has 0 N–H and O–H groups in total. The molecule has 0 saturated carbocycles. The van der Waals surface area contributed by atoms with Crippen molar-refractivity contribution in [2.24, 2.45) is 5.92 Å². The van der Waals surface area contributed by atoms with Crippen LogP contribution in [0.3, 0.4) is 0 Å². The van der Waals surface area contributed by atoms with E-state index < -0.39 is 0 Å². The van der Waals surface area contributed by atoms with Crippen LogP contribution < -0.4 is 0 Å². The van der Waals surface area contributed by atoms with Gasteiger partial charge in [-0.1, -0.05) is 13.8 Å². The van der Waals surface area contributed by atoms with Crippen molar-refractivity contribution in [2.45, 2.75) is 40.0 Å². The van der Waals surface area contributed by atoms with Gasteiger partial charge in [-0.2, -0.15) is 0 Å². The fraction of sp³-hybridized carbons (Fsp3) is 0.550. The molecule has 0 atom stereocenters. The van der Waals surface area contributed by atoms with Gasteiger partial charge in [0.1, 0.15) is 5.52 Å². The van der Waals surface area contributed by atoms with Crippen molar-refractivity contribution in [3.63, 3.8) is 0 Å². The topological polar surface area (TPSA) is 66.7 Å². The molecule has 0 bridgehead atoms. The van der Waals surface area contributed by atoms with Crippen molar-refractivity contribution in [1.29, 1.82) is 0 Å². The molecule has 2 heterocycles. The molecule has 2 aromatic rings. The molecule has 0 aliphatic carbocycles. The third-order valence-electron chi connectivity index (χ3n) is 5.17. The lowest BCUT2D eigenvalue weighted by atomic mass is 10.0. The first kappa shape index (κ1) is 18.4. The molecule has 140 valence electrons. The van der Waals surface area contributed by atoms with E-state index in [1.165, 1.54) is 0 Å². The van der Waals surface area contributed by atoms with Crippen molar-refractivity contribution >= 4 is 22.9 Å². The Kier molecular flexibility index (Phi) is 5.59. The van der Waals surface area contributed by atoms with Crippen molar-refractivity contribution in [2.75, 3.05) is 26.2 Å². The highest BCUT2D eigenvalue weighted by Crippen LogP contribution is 2.19. The van der Waals surface area contributed by atoms with Crippen LogP contribution in [-0.4, -0.2) is 52.8 Å². The minimum atomic E-state index is -0.0159. The van der Waals surface area contributed by atoms with Crippen LogP contribution in [0.4, 0.5) is 0 Å². The van der Waals surface area contributed by atoms with E-state index >= 15 is 0 Å². The van der Waals surface area contributed by atoms with Crippen LogP contribution >= 0.6 is 0 Å². The minimum absolute atomic E-state index is 0.0159. The Morgan fingerprint density at radius 3 is 2.54 bits per heavy atom. The molecule has 0 radical (unpaired) electrons. The van der Waals surface area contributed by atoms with Gasteiger partial charge in [-0.15, -0.1) is 0 Å². The van der Waals surface area contributed by atoms with Crippen molar-refractivity contribution in [1.82, 2.24) is 14.8 Å². The summed E-state index contributed by atoms with van der Waals surface area (Å²) in [5.41, 5.74) is 2.00. The highest BCUT2D eigenvalue weighted by molar-refractivity contribution is 5.97. The Bertz CT molecular complexity index is 795. The maximum atomic E-state index is 12.9. The van der Waals surface area contributed by atoms with Gasteiger partial charge in [-0.3, -0.25) is 9.59 Å². The Labute approximate surface area is 154 Å². The summed E-state index contributed by atoms with van der Waals surface area (Å²) in [5.74, 6) is 0.893. The first-order valence-electron chi connectivity index (χ1n) is 9.48. The number of nitrogens with zero attached hydrogens (tertiary/aromatic N) is 3. The van der Waals surface area contributed by atoms with Gasteiger partial charge in [0.2, 0.25) is 5.91 Å². The molecule has 1 aliphatic rings. The molecule has 1 aliphatic heterocycles. The van der Waals surface area contributed by atoms with Gasteiger partial charge in [-0.25, -0.2) is 4.98 Å². The van der Waals surface area contributed by atoms with E-state index in [-0.39, 0.29) is 17.7 Å². The number of amides is 2. The molecule has 1 saturated heterocycles. The van der Waals surface area contributed by atoms with Crippen LogP contribution in [0.1, 0.15) is 49.4 Å². The van der Waals surface area contributed by atoms with Crippen LogP contribution in [0, 0.1) is 12.8 Å². The number of carbonyl (C=O) groups is 2. The molecule has 1 aromatic heterocycles. The number of aryl methyl sites for hydroxylation is 1. The minimum Gasteiger partial charge on any atom is -0.441 e. The van der Waals surface area contributed by atoms with Gasteiger partial charge in [0.15, 0.2) is 11.5 Å². The van der Waals surface area contributed by atoms with E-state index in [0.717, 1.165) is 31.3 Å². The monoisotopic (exact) mass is 357 g/mol. The molecule has 1 fully saturated rings. The molecule has 0 spiro atoms. The number of oxazole rings is 1. The molecular weight excluding hydrogens is 330 g/mol.